The lowest BCUT2D eigenvalue weighted by molar-refractivity contribution is 0.416. The van der Waals surface area contributed by atoms with Crippen LogP contribution >= 0.6 is 0 Å². The number of phenolic OH excluding ortho intramolecular Hbond substituents is 2. The number of phenols is 2. The number of aromatic hydroxyl groups is 2. The van der Waals surface area contributed by atoms with Gasteiger partial charge in [0.1, 0.15) is 33.5 Å². The smallest absolute Gasteiger partial charge is 0.296 e. The number of azo groups is 3. The molecule has 0 radical (unpaired) electrons. The maximum atomic E-state index is 12.4. The van der Waals surface area contributed by atoms with E-state index in [9.17, 15) is 31.6 Å². The molecule has 0 aliphatic heterocycles. The molecule has 0 fully saturated rings. The first-order chi connectivity index (χ1) is 26.1. The maximum absolute atomic E-state index is 12.4. The molecule has 0 saturated carbocycles. The first kappa shape index (κ1) is 38.1. The molecule has 0 aliphatic carbocycles. The second-order valence-corrected chi connectivity index (χ2v) is 14.8. The van der Waals surface area contributed by atoms with Crippen LogP contribution in [0.4, 0.5) is 45.5 Å². The Labute approximate surface area is 314 Å². The predicted molar refractivity (Wildman–Crippen MR) is 205 cm³/mol. The minimum absolute atomic E-state index is 0.0876. The average molecular weight is 782 g/mol. The van der Waals surface area contributed by atoms with E-state index in [0.717, 1.165) is 5.69 Å². The molecule has 6 rings (SSSR count). The van der Waals surface area contributed by atoms with E-state index < -0.39 is 42.3 Å². The monoisotopic (exact) mass is 781 g/mol. The number of para-hydroxylation sites is 1. The summed E-state index contributed by atoms with van der Waals surface area (Å²) in [6.45, 7) is 3.42. The van der Waals surface area contributed by atoms with Crippen LogP contribution in [0.1, 0.15) is 11.1 Å². The molecular formula is C37H31N7O9S2. The number of aryl methyl sites for hydroxylation is 2. The fourth-order valence-corrected chi connectivity index (χ4v) is 6.43. The Morgan fingerprint density at radius 2 is 1.22 bits per heavy atom. The van der Waals surface area contributed by atoms with Gasteiger partial charge in [0, 0.05) is 28.9 Å². The molecule has 0 bridgehead atoms. The van der Waals surface area contributed by atoms with Gasteiger partial charge in [-0.05, 0) is 103 Å². The van der Waals surface area contributed by atoms with Gasteiger partial charge in [-0.15, -0.1) is 15.3 Å². The highest BCUT2D eigenvalue weighted by Crippen LogP contribution is 2.44. The Bertz CT molecular complexity index is 2760. The molecule has 18 heteroatoms. The van der Waals surface area contributed by atoms with Crippen LogP contribution in [0.5, 0.6) is 17.2 Å². The van der Waals surface area contributed by atoms with Gasteiger partial charge in [0.2, 0.25) is 0 Å². The summed E-state index contributed by atoms with van der Waals surface area (Å²) in [6, 6.07) is 26.4. The molecule has 280 valence electrons. The fraction of sp³-hybridized carbons (Fsp3) is 0.0811. The van der Waals surface area contributed by atoms with Gasteiger partial charge in [-0.25, -0.2) is 0 Å². The average Bonchev–Trinajstić information content (AvgIpc) is 3.14. The Balaban J connectivity index is 1.25. The zero-order chi connectivity index (χ0) is 39.5. The number of rotatable bonds is 11. The highest BCUT2D eigenvalue weighted by molar-refractivity contribution is 7.86. The molecule has 5 N–H and O–H groups in total. The quantitative estimate of drug-likeness (QED) is 0.0614. The van der Waals surface area contributed by atoms with Gasteiger partial charge in [-0.3, -0.25) is 9.11 Å². The highest BCUT2D eigenvalue weighted by atomic mass is 32.2. The molecule has 6 aromatic carbocycles. The Morgan fingerprint density at radius 3 is 1.87 bits per heavy atom. The molecule has 0 saturated heterocycles. The van der Waals surface area contributed by atoms with E-state index in [1.165, 1.54) is 49.6 Å². The van der Waals surface area contributed by atoms with Crippen molar-refractivity contribution in [2.45, 2.75) is 23.6 Å². The van der Waals surface area contributed by atoms with Crippen molar-refractivity contribution in [3.63, 3.8) is 0 Å². The number of nitrogens with zero attached hydrogens (tertiary/aromatic N) is 6. The number of benzene rings is 6. The maximum Gasteiger partial charge on any atom is 0.296 e. The first-order valence-electron chi connectivity index (χ1n) is 16.0. The van der Waals surface area contributed by atoms with Crippen LogP contribution in [-0.2, 0) is 20.2 Å². The van der Waals surface area contributed by atoms with Crippen molar-refractivity contribution in [1.29, 1.82) is 0 Å². The molecule has 0 unspecified atom stereocenters. The van der Waals surface area contributed by atoms with Gasteiger partial charge >= 0.3 is 0 Å². The topological polar surface area (TPSA) is 245 Å². The van der Waals surface area contributed by atoms with Crippen molar-refractivity contribution in [2.24, 2.45) is 30.7 Å². The predicted octanol–water partition coefficient (Wildman–Crippen LogP) is 10.4. The molecule has 0 atom stereocenters. The summed E-state index contributed by atoms with van der Waals surface area (Å²) >= 11 is 0. The standard InChI is InChI=1S/C37H31N7O9S2/c1-21-15-31(42-44-36-35(55(50,51)52)18-23-17-26(11-14-28(23)37(36)46)38-24-7-5-4-6-8-24)33(45)19-29(21)41-43-32-16-22(2)30(20-34(32)53-3)40-39-25-9-12-27(13-10-25)54(47,48)49/h4-20,38,45-46H,1-3H3,(H,47,48,49)(H,50,51,52). The molecule has 0 aliphatic rings. The normalized spacial score (nSPS) is 12.3. The fourth-order valence-electron chi connectivity index (χ4n) is 5.29. The van der Waals surface area contributed by atoms with Crippen LogP contribution in [0.15, 0.2) is 144 Å². The van der Waals surface area contributed by atoms with Crippen molar-refractivity contribution >= 4 is 76.5 Å². The number of ether oxygens (including phenoxy) is 1. The summed E-state index contributed by atoms with van der Waals surface area (Å²) in [5, 5.41) is 50.4. The van der Waals surface area contributed by atoms with E-state index >= 15 is 0 Å². The molecule has 0 aromatic heterocycles. The Kier molecular flexibility index (Phi) is 10.7. The molecule has 0 heterocycles. The van der Waals surface area contributed by atoms with E-state index in [-0.39, 0.29) is 21.7 Å². The zero-order valence-electron chi connectivity index (χ0n) is 29.1. The van der Waals surface area contributed by atoms with E-state index in [1.807, 2.05) is 30.3 Å². The van der Waals surface area contributed by atoms with Gasteiger partial charge in [-0.1, -0.05) is 18.2 Å². The zero-order valence-corrected chi connectivity index (χ0v) is 30.8. The molecule has 55 heavy (non-hydrogen) atoms. The van der Waals surface area contributed by atoms with Crippen molar-refractivity contribution in [2.75, 3.05) is 12.4 Å². The van der Waals surface area contributed by atoms with E-state index in [1.54, 1.807) is 44.2 Å². The lowest BCUT2D eigenvalue weighted by Crippen LogP contribution is -1.99. The number of fused-ring (bicyclic) bond motifs is 1. The lowest BCUT2D eigenvalue weighted by atomic mass is 10.1. The summed E-state index contributed by atoms with van der Waals surface area (Å²) in [5.41, 5.74) is 3.26. The van der Waals surface area contributed by atoms with Gasteiger partial charge in [0.05, 0.1) is 29.1 Å². The van der Waals surface area contributed by atoms with Crippen LogP contribution in [0.3, 0.4) is 0 Å². The number of hydrogen-bond donors (Lipinski definition) is 5. The summed E-state index contributed by atoms with van der Waals surface area (Å²) in [5.74, 6) is -0.643. The SMILES string of the molecule is COc1cc(N=Nc2ccc(S(=O)(=O)O)cc2)c(C)cc1N=Nc1cc(O)c(N=Nc2c(S(=O)(=O)O)cc3cc(Nc4ccccc4)ccc3c2O)cc1C. The molecule has 0 spiro atoms. The van der Waals surface area contributed by atoms with Crippen LogP contribution < -0.4 is 10.1 Å². The van der Waals surface area contributed by atoms with Crippen molar-refractivity contribution < 1.29 is 40.9 Å². The highest BCUT2D eigenvalue weighted by Gasteiger charge is 2.22. The summed E-state index contributed by atoms with van der Waals surface area (Å²) in [7, 11) is -7.80. The largest absolute Gasteiger partial charge is 0.506 e. The van der Waals surface area contributed by atoms with Gasteiger partial charge < -0.3 is 20.3 Å². The Hall–Kier alpha value is -6.60. The number of nitrogens with one attached hydrogen (secondary N) is 1. The first-order valence-corrected chi connectivity index (χ1v) is 18.9. The third kappa shape index (κ3) is 8.79. The van der Waals surface area contributed by atoms with Crippen LogP contribution in [0.2, 0.25) is 0 Å². The van der Waals surface area contributed by atoms with Crippen molar-refractivity contribution in [1.82, 2.24) is 0 Å². The minimum atomic E-state index is -4.89. The van der Waals surface area contributed by atoms with Gasteiger partial charge in [0.25, 0.3) is 20.2 Å². The molecule has 16 nitrogen and oxygen atoms in total. The van der Waals surface area contributed by atoms with Crippen LogP contribution in [0.25, 0.3) is 10.8 Å². The molecular weight excluding hydrogens is 751 g/mol. The third-order valence-corrected chi connectivity index (χ3v) is 9.85. The van der Waals surface area contributed by atoms with Gasteiger partial charge in [0.15, 0.2) is 5.75 Å². The second kappa shape index (κ2) is 15.4. The number of methoxy groups -OCH3 is 1. The van der Waals surface area contributed by atoms with Crippen molar-refractivity contribution in [3.05, 3.63) is 114 Å². The third-order valence-electron chi connectivity index (χ3n) is 8.11. The van der Waals surface area contributed by atoms with E-state index in [4.69, 9.17) is 9.29 Å². The number of hydrogen-bond acceptors (Lipinski definition) is 14. The Morgan fingerprint density at radius 1 is 0.600 bits per heavy atom. The van der Waals surface area contributed by atoms with Crippen molar-refractivity contribution in [3.8, 4) is 17.2 Å². The van der Waals surface area contributed by atoms with Gasteiger partial charge in [-0.2, -0.15) is 32.2 Å². The number of anilines is 2. The van der Waals surface area contributed by atoms with Crippen LogP contribution in [0, 0.1) is 13.8 Å². The van der Waals surface area contributed by atoms with E-state index in [0.29, 0.717) is 45.0 Å². The summed E-state index contributed by atoms with van der Waals surface area (Å²) in [4.78, 5) is -0.963. The second-order valence-electron chi connectivity index (χ2n) is 12.0. The summed E-state index contributed by atoms with van der Waals surface area (Å²) in [6.07, 6.45) is 0. The summed E-state index contributed by atoms with van der Waals surface area (Å²) < 4.78 is 72.1. The minimum Gasteiger partial charge on any atom is -0.506 e. The van der Waals surface area contributed by atoms with Crippen LogP contribution in [-0.4, -0.2) is 43.3 Å². The molecule has 6 aromatic rings. The van der Waals surface area contributed by atoms with E-state index in [2.05, 4.69) is 36.0 Å². The molecule has 0 amide bonds. The lowest BCUT2D eigenvalue weighted by Gasteiger charge is -2.11.